The molecule has 2 aliphatic heterocycles. The van der Waals surface area contributed by atoms with Crippen molar-refractivity contribution in [1.29, 1.82) is 0 Å². The summed E-state index contributed by atoms with van der Waals surface area (Å²) < 4.78 is 13.4. The zero-order valence-electron chi connectivity index (χ0n) is 11.7. The van der Waals surface area contributed by atoms with Crippen LogP contribution in [0.25, 0.3) is 0 Å². The molecule has 3 N–H and O–H groups in total. The minimum absolute atomic E-state index is 0.139. The van der Waals surface area contributed by atoms with Gasteiger partial charge in [0.05, 0.1) is 5.69 Å². The van der Waals surface area contributed by atoms with Crippen molar-refractivity contribution in [3.8, 4) is 0 Å². The van der Waals surface area contributed by atoms with E-state index in [-0.39, 0.29) is 11.4 Å². The van der Waals surface area contributed by atoms with E-state index in [1.807, 2.05) is 0 Å². The maximum absolute atomic E-state index is 13.4. The number of para-hydroxylation sites is 2. The molecule has 4 rings (SSSR count). The highest BCUT2D eigenvalue weighted by Crippen LogP contribution is 2.35. The summed E-state index contributed by atoms with van der Waals surface area (Å²) >= 11 is 0. The summed E-state index contributed by atoms with van der Waals surface area (Å²) in [6.07, 6.45) is 0. The van der Waals surface area contributed by atoms with Crippen molar-refractivity contribution in [2.24, 2.45) is 0 Å². The zero-order valence-corrected chi connectivity index (χ0v) is 11.7. The van der Waals surface area contributed by atoms with Gasteiger partial charge in [0.25, 0.3) is 11.8 Å². The molecule has 0 aliphatic carbocycles. The quantitative estimate of drug-likeness (QED) is 0.685. The van der Waals surface area contributed by atoms with Crippen LogP contribution in [0.5, 0.6) is 0 Å². The molecule has 0 radical (unpaired) electrons. The second-order valence-electron chi connectivity index (χ2n) is 5.08. The number of hydrogen-bond acceptors (Lipinski definition) is 5. The standard InChI is InChI=1S/C15H11FN4O3/c16-9-4-3-5-10(8-9)18-15(22)13-14(21)17-11-6-1-2-7-12(11)19(13)20(18)23/h1-8,20,22H,(H,17,21). The number of fused-ring (bicyclic) bond motifs is 3. The highest BCUT2D eigenvalue weighted by Gasteiger charge is 2.46. The van der Waals surface area contributed by atoms with Crippen molar-refractivity contribution in [2.75, 3.05) is 15.3 Å². The molecular weight excluding hydrogens is 303 g/mol. The minimum atomic E-state index is -0.648. The van der Waals surface area contributed by atoms with E-state index < -0.39 is 22.9 Å². The third-order valence-electron chi connectivity index (χ3n) is 3.70. The predicted molar refractivity (Wildman–Crippen MR) is 80.4 cm³/mol. The Morgan fingerprint density at radius 2 is 1.91 bits per heavy atom. The van der Waals surface area contributed by atoms with Crippen LogP contribution in [0.3, 0.4) is 0 Å². The number of quaternary nitrogens is 1. The number of halogens is 1. The van der Waals surface area contributed by atoms with Gasteiger partial charge < -0.3 is 15.6 Å². The lowest BCUT2D eigenvalue weighted by atomic mass is 10.2. The summed E-state index contributed by atoms with van der Waals surface area (Å²) in [6, 6.07) is 12.0. The lowest BCUT2D eigenvalue weighted by Gasteiger charge is -2.35. The summed E-state index contributed by atoms with van der Waals surface area (Å²) in [7, 11) is 0. The fourth-order valence-electron chi connectivity index (χ4n) is 2.72. The summed E-state index contributed by atoms with van der Waals surface area (Å²) in [4.78, 5) is 12.2. The average Bonchev–Trinajstić information content (AvgIpc) is 2.80. The molecule has 1 atom stereocenters. The predicted octanol–water partition coefficient (Wildman–Crippen LogP) is 1.04. The van der Waals surface area contributed by atoms with Crippen molar-refractivity contribution in [3.05, 3.63) is 71.1 Å². The number of rotatable bonds is 1. The molecule has 8 heteroatoms. The first kappa shape index (κ1) is 13.6. The Balaban J connectivity index is 1.88. The Hall–Kier alpha value is -3.10. The number of carbonyl (C=O) groups is 1. The Labute approximate surface area is 130 Å². The van der Waals surface area contributed by atoms with Crippen LogP contribution in [-0.2, 0) is 4.79 Å². The van der Waals surface area contributed by atoms with Crippen molar-refractivity contribution in [2.45, 2.75) is 0 Å². The number of hydrogen-bond donors (Lipinski definition) is 3. The molecule has 2 aromatic rings. The van der Waals surface area contributed by atoms with Gasteiger partial charge in [0, 0.05) is 6.07 Å². The van der Waals surface area contributed by atoms with E-state index in [4.69, 9.17) is 0 Å². The van der Waals surface area contributed by atoms with Gasteiger partial charge in [-0.1, -0.05) is 18.2 Å². The first-order valence-corrected chi connectivity index (χ1v) is 6.81. The van der Waals surface area contributed by atoms with Crippen LogP contribution in [0, 0.1) is 11.0 Å². The molecule has 1 amide bonds. The highest BCUT2D eigenvalue weighted by molar-refractivity contribution is 6.12. The van der Waals surface area contributed by atoms with Gasteiger partial charge in [-0.05, 0) is 24.3 Å². The molecule has 2 aromatic carbocycles. The molecule has 0 bridgehead atoms. The smallest absolute Gasteiger partial charge is 0.283 e. The van der Waals surface area contributed by atoms with Crippen LogP contribution in [0.1, 0.15) is 0 Å². The first-order chi connectivity index (χ1) is 11.1. The molecule has 0 spiro atoms. The van der Waals surface area contributed by atoms with E-state index in [0.717, 1.165) is 16.1 Å². The molecule has 1 unspecified atom stereocenters. The topological polar surface area (TPSA) is 83.3 Å². The zero-order chi connectivity index (χ0) is 16.1. The second-order valence-corrected chi connectivity index (χ2v) is 5.08. The number of amides is 1. The molecular formula is C15H11FN4O3. The van der Waals surface area contributed by atoms with E-state index in [1.165, 1.54) is 18.2 Å². The largest absolute Gasteiger partial charge is 0.581 e. The van der Waals surface area contributed by atoms with Crippen LogP contribution >= 0.6 is 0 Å². The number of aliphatic hydroxyl groups is 1. The van der Waals surface area contributed by atoms with Gasteiger partial charge in [-0.15, -0.1) is 5.01 Å². The number of carbonyl (C=O) groups excluding carboxylic acids is 1. The number of anilines is 3. The van der Waals surface area contributed by atoms with Crippen LogP contribution < -0.4 is 20.6 Å². The molecule has 2 heterocycles. The monoisotopic (exact) mass is 314 g/mol. The van der Waals surface area contributed by atoms with Crippen molar-refractivity contribution < 1.29 is 19.6 Å². The summed E-state index contributed by atoms with van der Waals surface area (Å²) in [5.41, 5.74) is 0.860. The summed E-state index contributed by atoms with van der Waals surface area (Å²) in [6.45, 7) is 0. The molecule has 23 heavy (non-hydrogen) atoms. The van der Waals surface area contributed by atoms with Crippen LogP contribution in [-0.4, -0.2) is 11.0 Å². The van der Waals surface area contributed by atoms with Gasteiger partial charge in [-0.2, -0.15) is 10.3 Å². The summed E-state index contributed by atoms with van der Waals surface area (Å²) in [5.74, 6) is -1.69. The number of benzene rings is 2. The van der Waals surface area contributed by atoms with Crippen molar-refractivity contribution >= 4 is 23.0 Å². The fourth-order valence-corrected chi connectivity index (χ4v) is 2.72. The van der Waals surface area contributed by atoms with Gasteiger partial charge in [0.15, 0.2) is 0 Å². The summed E-state index contributed by atoms with van der Waals surface area (Å²) in [5, 5.41) is 27.1. The van der Waals surface area contributed by atoms with Gasteiger partial charge in [0.1, 0.15) is 17.2 Å². The SMILES string of the molecule is O=C1Nc2ccccc2N2C1=C(O)N(c1cccc(F)c1)[NH+]2[O-]. The van der Waals surface area contributed by atoms with Gasteiger partial charge in [0.2, 0.25) is 5.70 Å². The molecule has 7 nitrogen and oxygen atoms in total. The van der Waals surface area contributed by atoms with Gasteiger partial charge in [-0.25, -0.2) is 4.39 Å². The second kappa shape index (κ2) is 4.70. The van der Waals surface area contributed by atoms with Crippen LogP contribution in [0.15, 0.2) is 60.1 Å². The first-order valence-electron chi connectivity index (χ1n) is 6.81. The van der Waals surface area contributed by atoms with E-state index in [1.54, 1.807) is 24.3 Å². The Kier molecular flexibility index (Phi) is 2.77. The van der Waals surface area contributed by atoms with Gasteiger partial charge >= 0.3 is 0 Å². The van der Waals surface area contributed by atoms with E-state index in [9.17, 15) is 19.5 Å². The van der Waals surface area contributed by atoms with Crippen LogP contribution in [0.4, 0.5) is 21.5 Å². The van der Waals surface area contributed by atoms with E-state index >= 15 is 0 Å². The molecule has 0 saturated carbocycles. The van der Waals surface area contributed by atoms with E-state index in [0.29, 0.717) is 11.4 Å². The lowest BCUT2D eigenvalue weighted by molar-refractivity contribution is -0.853. The van der Waals surface area contributed by atoms with Crippen LogP contribution in [0.2, 0.25) is 0 Å². The third kappa shape index (κ3) is 1.86. The molecule has 116 valence electrons. The number of nitrogens with one attached hydrogen (secondary N) is 2. The molecule has 0 saturated heterocycles. The maximum atomic E-state index is 13.4. The normalized spacial score (nSPS) is 19.6. The Morgan fingerprint density at radius 3 is 2.70 bits per heavy atom. The molecule has 0 fully saturated rings. The van der Waals surface area contributed by atoms with E-state index in [2.05, 4.69) is 5.32 Å². The minimum Gasteiger partial charge on any atom is -0.581 e. The maximum Gasteiger partial charge on any atom is 0.283 e. The molecule has 2 aliphatic rings. The van der Waals surface area contributed by atoms with Crippen molar-refractivity contribution in [1.82, 2.24) is 0 Å². The Morgan fingerprint density at radius 1 is 1.13 bits per heavy atom. The number of nitrogens with zero attached hydrogens (tertiary/aromatic N) is 2. The number of aliphatic hydroxyl groups excluding tert-OH is 1. The Bertz CT molecular complexity index is 854. The highest BCUT2D eigenvalue weighted by atomic mass is 19.1. The van der Waals surface area contributed by atoms with Gasteiger partial charge in [-0.3, -0.25) is 4.79 Å². The average molecular weight is 314 g/mol. The molecule has 0 aromatic heterocycles. The lowest BCUT2D eigenvalue weighted by Crippen LogP contribution is -3.19. The van der Waals surface area contributed by atoms with Crippen molar-refractivity contribution in [3.63, 3.8) is 0 Å². The fraction of sp³-hybridized carbons (Fsp3) is 0. The third-order valence-corrected chi connectivity index (χ3v) is 3.70.